The van der Waals surface area contributed by atoms with E-state index < -0.39 is 12.1 Å². The van der Waals surface area contributed by atoms with Gasteiger partial charge in [-0.25, -0.2) is 4.39 Å². The summed E-state index contributed by atoms with van der Waals surface area (Å²) in [5.41, 5.74) is 0.390. The van der Waals surface area contributed by atoms with E-state index in [1.165, 1.54) is 6.07 Å². The highest BCUT2D eigenvalue weighted by molar-refractivity contribution is 5.69. The summed E-state index contributed by atoms with van der Waals surface area (Å²) in [6.07, 6.45) is -0.562. The van der Waals surface area contributed by atoms with Gasteiger partial charge in [0.05, 0.1) is 12.5 Å². The minimum atomic E-state index is -0.921. The first-order valence-electron chi connectivity index (χ1n) is 5.40. The van der Waals surface area contributed by atoms with Crippen LogP contribution in [-0.2, 0) is 4.79 Å². The van der Waals surface area contributed by atoms with Crippen molar-refractivity contribution in [3.8, 4) is 5.75 Å². The van der Waals surface area contributed by atoms with E-state index in [0.717, 1.165) is 0 Å². The number of ether oxygens (including phenoxy) is 1. The first-order chi connectivity index (χ1) is 8.00. The highest BCUT2D eigenvalue weighted by Gasteiger charge is 2.33. The van der Waals surface area contributed by atoms with E-state index in [2.05, 4.69) is 0 Å². The van der Waals surface area contributed by atoms with E-state index in [-0.39, 0.29) is 18.3 Å². The third kappa shape index (κ3) is 2.05. The zero-order valence-electron chi connectivity index (χ0n) is 9.68. The van der Waals surface area contributed by atoms with Gasteiger partial charge in [0.2, 0.25) is 0 Å². The number of rotatable bonds is 2. The molecule has 1 heterocycles. The summed E-state index contributed by atoms with van der Waals surface area (Å²) in [6, 6.07) is 4.38. The minimum absolute atomic E-state index is 0.0958. The molecule has 2 atom stereocenters. The molecule has 0 spiro atoms. The van der Waals surface area contributed by atoms with Crippen LogP contribution in [0.15, 0.2) is 18.2 Å². The first kappa shape index (κ1) is 11.7. The van der Waals surface area contributed by atoms with Crippen molar-refractivity contribution in [3.05, 3.63) is 24.0 Å². The van der Waals surface area contributed by atoms with Gasteiger partial charge < -0.3 is 14.7 Å². The van der Waals surface area contributed by atoms with Gasteiger partial charge in [-0.05, 0) is 19.1 Å². The van der Waals surface area contributed by atoms with Crippen LogP contribution in [-0.4, -0.2) is 30.3 Å². The van der Waals surface area contributed by atoms with Gasteiger partial charge in [0.1, 0.15) is 23.4 Å². The van der Waals surface area contributed by atoms with Crippen molar-refractivity contribution in [1.29, 1.82) is 0 Å². The van der Waals surface area contributed by atoms with Crippen molar-refractivity contribution in [1.82, 2.24) is 0 Å². The molecule has 1 aliphatic heterocycles. The van der Waals surface area contributed by atoms with Crippen LogP contribution >= 0.6 is 0 Å². The van der Waals surface area contributed by atoms with Crippen LogP contribution in [0.2, 0.25) is 0 Å². The molecule has 0 saturated carbocycles. The molecular weight excluding hydrogens is 225 g/mol. The Labute approximate surface area is 98.6 Å². The summed E-state index contributed by atoms with van der Waals surface area (Å²) in [4.78, 5) is 12.5. The van der Waals surface area contributed by atoms with Gasteiger partial charge in [-0.3, -0.25) is 4.79 Å². The smallest absolute Gasteiger partial charge is 0.307 e. The Bertz CT molecular complexity index is 449. The Morgan fingerprint density at radius 2 is 2.29 bits per heavy atom. The molecule has 0 amide bonds. The molecule has 0 radical (unpaired) electrons. The normalized spacial score (nSPS) is 22.9. The molecular formula is C12H14FNO3. The maximum Gasteiger partial charge on any atom is 0.307 e. The lowest BCUT2D eigenvalue weighted by atomic mass is 10.0. The molecule has 0 aliphatic carbocycles. The van der Waals surface area contributed by atoms with Crippen LogP contribution in [0.1, 0.15) is 13.3 Å². The SMILES string of the molecule is CC1C(CC(=O)O)Oc2cccc(F)c2N1C. The number of hydrogen-bond acceptors (Lipinski definition) is 3. The number of anilines is 1. The zero-order valence-corrected chi connectivity index (χ0v) is 9.68. The zero-order chi connectivity index (χ0) is 12.6. The van der Waals surface area contributed by atoms with Crippen molar-refractivity contribution in [2.75, 3.05) is 11.9 Å². The molecule has 4 nitrogen and oxygen atoms in total. The van der Waals surface area contributed by atoms with Crippen molar-refractivity contribution < 1.29 is 19.0 Å². The Morgan fingerprint density at radius 3 is 2.94 bits per heavy atom. The van der Waals surface area contributed by atoms with Crippen LogP contribution < -0.4 is 9.64 Å². The number of carbonyl (C=O) groups is 1. The summed E-state index contributed by atoms with van der Waals surface area (Å²) in [7, 11) is 1.74. The van der Waals surface area contributed by atoms with E-state index in [1.807, 2.05) is 6.92 Å². The molecule has 1 N–H and O–H groups in total. The number of fused-ring (bicyclic) bond motifs is 1. The topological polar surface area (TPSA) is 49.8 Å². The van der Waals surface area contributed by atoms with Gasteiger partial charge in [0, 0.05) is 7.05 Å². The molecule has 92 valence electrons. The number of likely N-dealkylation sites (N-methyl/N-ethyl adjacent to an activating group) is 1. The van der Waals surface area contributed by atoms with Gasteiger partial charge in [-0.15, -0.1) is 0 Å². The molecule has 5 heteroatoms. The van der Waals surface area contributed by atoms with Gasteiger partial charge in [0.15, 0.2) is 0 Å². The maximum atomic E-state index is 13.6. The van der Waals surface area contributed by atoms with E-state index in [1.54, 1.807) is 24.1 Å². The fourth-order valence-electron chi connectivity index (χ4n) is 2.03. The average Bonchev–Trinajstić information content (AvgIpc) is 2.24. The molecule has 0 aromatic heterocycles. The number of carboxylic acid groups (broad SMARTS) is 1. The third-order valence-electron chi connectivity index (χ3n) is 3.11. The highest BCUT2D eigenvalue weighted by atomic mass is 19.1. The standard InChI is InChI=1S/C12H14FNO3/c1-7-10(6-11(15)16)17-9-5-3-4-8(13)12(9)14(7)2/h3-5,7,10H,6H2,1-2H3,(H,15,16). The summed E-state index contributed by atoms with van der Waals surface area (Å²) in [6.45, 7) is 1.82. The molecule has 2 rings (SSSR count). The molecule has 1 aromatic rings. The number of benzene rings is 1. The number of nitrogens with zero attached hydrogens (tertiary/aromatic N) is 1. The average molecular weight is 239 g/mol. The Morgan fingerprint density at radius 1 is 1.59 bits per heavy atom. The lowest BCUT2D eigenvalue weighted by Crippen LogP contribution is -2.47. The predicted molar refractivity (Wildman–Crippen MR) is 60.9 cm³/mol. The fourth-order valence-corrected chi connectivity index (χ4v) is 2.03. The van der Waals surface area contributed by atoms with Crippen LogP contribution in [0, 0.1) is 5.82 Å². The first-order valence-corrected chi connectivity index (χ1v) is 5.40. The van der Waals surface area contributed by atoms with Gasteiger partial charge >= 0.3 is 5.97 Å². The van der Waals surface area contributed by atoms with E-state index in [4.69, 9.17) is 9.84 Å². The number of para-hydroxylation sites is 1. The maximum absolute atomic E-state index is 13.6. The number of carboxylic acids is 1. The fraction of sp³-hybridized carbons (Fsp3) is 0.417. The van der Waals surface area contributed by atoms with Crippen LogP contribution in [0.5, 0.6) is 5.75 Å². The molecule has 0 bridgehead atoms. The second-order valence-electron chi connectivity index (χ2n) is 4.19. The van der Waals surface area contributed by atoms with E-state index in [9.17, 15) is 9.18 Å². The molecule has 0 fully saturated rings. The number of hydrogen-bond donors (Lipinski definition) is 1. The van der Waals surface area contributed by atoms with E-state index in [0.29, 0.717) is 11.4 Å². The van der Waals surface area contributed by atoms with Crippen LogP contribution in [0.25, 0.3) is 0 Å². The summed E-state index contributed by atoms with van der Waals surface area (Å²) in [5.74, 6) is -0.877. The van der Waals surface area contributed by atoms with Crippen molar-refractivity contribution >= 4 is 11.7 Å². The molecule has 2 unspecified atom stereocenters. The van der Waals surface area contributed by atoms with Gasteiger partial charge in [-0.1, -0.05) is 6.07 Å². The Hall–Kier alpha value is -1.78. The second-order valence-corrected chi connectivity index (χ2v) is 4.19. The van der Waals surface area contributed by atoms with Crippen LogP contribution in [0.4, 0.5) is 10.1 Å². The number of halogens is 1. The van der Waals surface area contributed by atoms with Crippen molar-refractivity contribution in [2.45, 2.75) is 25.5 Å². The summed E-state index contributed by atoms with van der Waals surface area (Å²) in [5, 5.41) is 8.80. The monoisotopic (exact) mass is 239 g/mol. The summed E-state index contributed by atoms with van der Waals surface area (Å²) >= 11 is 0. The van der Waals surface area contributed by atoms with Gasteiger partial charge in [-0.2, -0.15) is 0 Å². The molecule has 17 heavy (non-hydrogen) atoms. The Balaban J connectivity index is 2.35. The third-order valence-corrected chi connectivity index (χ3v) is 3.11. The largest absolute Gasteiger partial charge is 0.485 e. The predicted octanol–water partition coefficient (Wildman–Crippen LogP) is 1.89. The lowest BCUT2D eigenvalue weighted by Gasteiger charge is -2.39. The van der Waals surface area contributed by atoms with Crippen molar-refractivity contribution in [3.63, 3.8) is 0 Å². The van der Waals surface area contributed by atoms with E-state index >= 15 is 0 Å². The second kappa shape index (κ2) is 4.24. The lowest BCUT2D eigenvalue weighted by molar-refractivity contribution is -0.139. The molecule has 0 saturated heterocycles. The highest BCUT2D eigenvalue weighted by Crippen LogP contribution is 2.37. The van der Waals surface area contributed by atoms with Crippen LogP contribution in [0.3, 0.4) is 0 Å². The minimum Gasteiger partial charge on any atom is -0.485 e. The van der Waals surface area contributed by atoms with Crippen molar-refractivity contribution in [2.24, 2.45) is 0 Å². The number of aliphatic carboxylic acids is 1. The quantitative estimate of drug-likeness (QED) is 0.856. The molecule has 1 aliphatic rings. The van der Waals surface area contributed by atoms with Gasteiger partial charge in [0.25, 0.3) is 0 Å². The molecule has 1 aromatic carbocycles. The Kier molecular flexibility index (Phi) is 2.92. The summed E-state index contributed by atoms with van der Waals surface area (Å²) < 4.78 is 19.2.